The third kappa shape index (κ3) is 1.81. The lowest BCUT2D eigenvalue weighted by Crippen LogP contribution is -1.88. The molecule has 14 heavy (non-hydrogen) atoms. The van der Waals surface area contributed by atoms with Gasteiger partial charge in [0.05, 0.1) is 5.69 Å². The highest BCUT2D eigenvalue weighted by atomic mass is 16.1. The second-order valence-corrected chi connectivity index (χ2v) is 3.39. The zero-order valence-electron chi connectivity index (χ0n) is 8.72. The van der Waals surface area contributed by atoms with Crippen molar-refractivity contribution in [2.24, 2.45) is 4.99 Å². The molecule has 1 aromatic carbocycles. The van der Waals surface area contributed by atoms with Gasteiger partial charge >= 0.3 is 0 Å². The Hall–Kier alpha value is -1.66. The molecule has 0 bridgehead atoms. The molecule has 2 nitrogen and oxygen atoms in total. The molecule has 1 aromatic rings. The molecule has 0 unspecified atom stereocenters. The first-order valence-electron chi connectivity index (χ1n) is 4.42. The Bertz CT molecular complexity index is 426. The largest absolute Gasteiger partial charge is 0.240 e. The molecule has 72 valence electrons. The first-order valence-corrected chi connectivity index (χ1v) is 4.42. The minimum absolute atomic E-state index is 0.709. The second kappa shape index (κ2) is 4.03. The summed E-state index contributed by atoms with van der Waals surface area (Å²) in [6.45, 7) is 9.67. The van der Waals surface area contributed by atoms with Crippen LogP contribution in [-0.4, -0.2) is 6.08 Å². The van der Waals surface area contributed by atoms with E-state index in [4.69, 9.17) is 0 Å². The van der Waals surface area contributed by atoms with Crippen LogP contribution >= 0.6 is 0 Å². The van der Waals surface area contributed by atoms with E-state index in [0.29, 0.717) is 5.69 Å². The van der Waals surface area contributed by atoms with Crippen LogP contribution in [-0.2, 0) is 4.79 Å². The van der Waals surface area contributed by atoms with Gasteiger partial charge in [-0.15, -0.1) is 0 Å². The Balaban J connectivity index is 3.48. The van der Waals surface area contributed by atoms with Crippen LogP contribution in [0, 0.1) is 13.8 Å². The molecule has 0 fully saturated rings. The fourth-order valence-corrected chi connectivity index (χ4v) is 1.52. The molecule has 0 heterocycles. The highest BCUT2D eigenvalue weighted by molar-refractivity contribution is 5.72. The molecule has 0 saturated carbocycles. The summed E-state index contributed by atoms with van der Waals surface area (Å²) >= 11 is 0. The molecule has 0 aliphatic carbocycles. The first-order chi connectivity index (χ1) is 6.57. The van der Waals surface area contributed by atoms with E-state index in [1.165, 1.54) is 0 Å². The third-order valence-corrected chi connectivity index (χ3v) is 2.25. The smallest absolute Gasteiger partial charge is 0.211 e. The van der Waals surface area contributed by atoms with Gasteiger partial charge in [-0.3, -0.25) is 0 Å². The Morgan fingerprint density at radius 2 is 2.07 bits per heavy atom. The Morgan fingerprint density at radius 3 is 2.57 bits per heavy atom. The van der Waals surface area contributed by atoms with Crippen LogP contribution in [0.4, 0.5) is 5.69 Å². The topological polar surface area (TPSA) is 29.4 Å². The molecule has 0 saturated heterocycles. The minimum atomic E-state index is 0.709. The fourth-order valence-electron chi connectivity index (χ4n) is 1.52. The van der Waals surface area contributed by atoms with Crippen LogP contribution in [0.15, 0.2) is 23.7 Å². The molecule has 0 amide bonds. The molecule has 0 radical (unpaired) electrons. The Kier molecular flexibility index (Phi) is 3.00. The average molecular weight is 187 g/mol. The van der Waals surface area contributed by atoms with Crippen LogP contribution in [0.3, 0.4) is 0 Å². The number of allylic oxidation sites excluding steroid dienone is 1. The van der Waals surface area contributed by atoms with E-state index < -0.39 is 0 Å². The fraction of sp³-hybridized carbons (Fsp3) is 0.250. The number of carbonyl (C=O) groups excluding carboxylic acids is 1. The number of nitrogens with zero attached hydrogens (tertiary/aromatic N) is 1. The molecule has 0 atom stereocenters. The standard InChI is InChI=1S/C12H13NO/c1-8(2)11-6-5-9(3)12(10(11)4)13-7-14/h5-6H,1H2,2-4H3. The van der Waals surface area contributed by atoms with Crippen LogP contribution < -0.4 is 0 Å². The van der Waals surface area contributed by atoms with Crippen molar-refractivity contribution < 1.29 is 4.79 Å². The second-order valence-electron chi connectivity index (χ2n) is 3.39. The van der Waals surface area contributed by atoms with E-state index in [9.17, 15) is 4.79 Å². The van der Waals surface area contributed by atoms with E-state index in [0.717, 1.165) is 22.3 Å². The van der Waals surface area contributed by atoms with Crippen molar-refractivity contribution in [2.75, 3.05) is 0 Å². The predicted octanol–water partition coefficient (Wildman–Crippen LogP) is 3.30. The lowest BCUT2D eigenvalue weighted by Gasteiger charge is -2.09. The van der Waals surface area contributed by atoms with Crippen LogP contribution in [0.1, 0.15) is 23.6 Å². The van der Waals surface area contributed by atoms with Crippen molar-refractivity contribution in [3.63, 3.8) is 0 Å². The van der Waals surface area contributed by atoms with Gasteiger partial charge in [0.2, 0.25) is 6.08 Å². The van der Waals surface area contributed by atoms with E-state index >= 15 is 0 Å². The van der Waals surface area contributed by atoms with Crippen LogP contribution in [0.2, 0.25) is 0 Å². The lowest BCUT2D eigenvalue weighted by atomic mass is 9.98. The zero-order valence-corrected chi connectivity index (χ0v) is 8.72. The zero-order chi connectivity index (χ0) is 10.7. The van der Waals surface area contributed by atoms with Gasteiger partial charge in [-0.1, -0.05) is 24.3 Å². The van der Waals surface area contributed by atoms with Crippen molar-refractivity contribution in [1.29, 1.82) is 0 Å². The molecule has 0 aliphatic heterocycles. The molecular weight excluding hydrogens is 174 g/mol. The normalized spacial score (nSPS) is 9.36. The number of aliphatic imine (C=N–C) groups is 1. The summed E-state index contributed by atoms with van der Waals surface area (Å²) in [5.41, 5.74) is 4.70. The van der Waals surface area contributed by atoms with Gasteiger partial charge in [0, 0.05) is 0 Å². The van der Waals surface area contributed by atoms with Crippen molar-refractivity contribution in [3.8, 4) is 0 Å². The van der Waals surface area contributed by atoms with Gasteiger partial charge < -0.3 is 0 Å². The molecule has 2 heteroatoms. The Labute approximate surface area is 84.0 Å². The molecule has 0 aliphatic rings. The van der Waals surface area contributed by atoms with Gasteiger partial charge in [0.15, 0.2) is 0 Å². The maximum Gasteiger partial charge on any atom is 0.240 e. The first kappa shape index (κ1) is 10.4. The van der Waals surface area contributed by atoms with Crippen molar-refractivity contribution in [3.05, 3.63) is 35.4 Å². The number of hydrogen-bond acceptors (Lipinski definition) is 2. The molecule has 1 rings (SSSR count). The van der Waals surface area contributed by atoms with E-state index in [1.54, 1.807) is 6.08 Å². The van der Waals surface area contributed by atoms with E-state index in [-0.39, 0.29) is 0 Å². The summed E-state index contributed by atoms with van der Waals surface area (Å²) in [7, 11) is 0. The van der Waals surface area contributed by atoms with E-state index in [2.05, 4.69) is 11.6 Å². The molecular formula is C12H13NO. The number of rotatable bonds is 2. The quantitative estimate of drug-likeness (QED) is 0.516. The number of hydrogen-bond donors (Lipinski definition) is 0. The van der Waals surface area contributed by atoms with Crippen molar-refractivity contribution in [1.82, 2.24) is 0 Å². The lowest BCUT2D eigenvalue weighted by molar-refractivity contribution is 0.565. The average Bonchev–Trinajstić information content (AvgIpc) is 2.11. The van der Waals surface area contributed by atoms with E-state index in [1.807, 2.05) is 32.9 Å². The van der Waals surface area contributed by atoms with Gasteiger partial charge in [-0.2, -0.15) is 4.99 Å². The monoisotopic (exact) mass is 187 g/mol. The highest BCUT2D eigenvalue weighted by Crippen LogP contribution is 2.29. The number of aryl methyl sites for hydroxylation is 1. The summed E-state index contributed by atoms with van der Waals surface area (Å²) in [5, 5.41) is 0. The van der Waals surface area contributed by atoms with Gasteiger partial charge in [-0.25, -0.2) is 4.79 Å². The summed E-state index contributed by atoms with van der Waals surface area (Å²) in [4.78, 5) is 13.9. The van der Waals surface area contributed by atoms with Gasteiger partial charge in [-0.05, 0) is 37.5 Å². The van der Waals surface area contributed by atoms with Crippen LogP contribution in [0.25, 0.3) is 5.57 Å². The van der Waals surface area contributed by atoms with Gasteiger partial charge in [0.1, 0.15) is 0 Å². The highest BCUT2D eigenvalue weighted by Gasteiger charge is 2.06. The number of benzene rings is 1. The maximum absolute atomic E-state index is 10.2. The van der Waals surface area contributed by atoms with Crippen molar-refractivity contribution in [2.45, 2.75) is 20.8 Å². The van der Waals surface area contributed by atoms with Gasteiger partial charge in [0.25, 0.3) is 0 Å². The molecule has 0 N–H and O–H groups in total. The minimum Gasteiger partial charge on any atom is -0.211 e. The summed E-state index contributed by atoms with van der Waals surface area (Å²) in [5.74, 6) is 0. The van der Waals surface area contributed by atoms with Crippen molar-refractivity contribution >= 4 is 17.3 Å². The summed E-state index contributed by atoms with van der Waals surface area (Å²) in [6, 6.07) is 3.93. The molecule has 0 spiro atoms. The van der Waals surface area contributed by atoms with Crippen LogP contribution in [0.5, 0.6) is 0 Å². The third-order valence-electron chi connectivity index (χ3n) is 2.25. The summed E-state index contributed by atoms with van der Waals surface area (Å²) in [6.07, 6.45) is 1.58. The summed E-state index contributed by atoms with van der Waals surface area (Å²) < 4.78 is 0. The maximum atomic E-state index is 10.2. The number of isocyanates is 1. The Morgan fingerprint density at radius 1 is 1.43 bits per heavy atom. The molecule has 0 aromatic heterocycles. The SMILES string of the molecule is C=C(C)c1ccc(C)c(N=C=O)c1C. The predicted molar refractivity (Wildman–Crippen MR) is 58.4 cm³/mol.